The molecule has 192 valence electrons. The maximum atomic E-state index is 13.1. The number of nitrogens with one attached hydrogen (secondary N) is 4. The summed E-state index contributed by atoms with van der Waals surface area (Å²) in [7, 11) is 0. The number of aromatic nitrogens is 5. The Morgan fingerprint density at radius 3 is 2.49 bits per heavy atom. The van der Waals surface area contributed by atoms with E-state index in [4.69, 9.17) is 11.6 Å². The number of alkyl halides is 3. The lowest BCUT2D eigenvalue weighted by Gasteiger charge is -2.17. The van der Waals surface area contributed by atoms with Gasteiger partial charge < -0.3 is 16.0 Å². The van der Waals surface area contributed by atoms with Gasteiger partial charge in [0.15, 0.2) is 5.82 Å². The number of hydrogen-bond acceptors (Lipinski definition) is 8. The van der Waals surface area contributed by atoms with Crippen LogP contribution in [0.5, 0.6) is 0 Å². The van der Waals surface area contributed by atoms with Crippen molar-refractivity contribution >= 4 is 81.2 Å². The summed E-state index contributed by atoms with van der Waals surface area (Å²) < 4.78 is 40.8. The molecule has 0 bridgehead atoms. The number of aromatic amines is 1. The molecule has 0 aliphatic heterocycles. The highest BCUT2D eigenvalue weighted by Crippen LogP contribution is 2.36. The summed E-state index contributed by atoms with van der Waals surface area (Å²) in [4.78, 5) is 25.4. The van der Waals surface area contributed by atoms with Gasteiger partial charge >= 0.3 is 12.2 Å². The van der Waals surface area contributed by atoms with Crippen LogP contribution in [0.1, 0.15) is 11.3 Å². The van der Waals surface area contributed by atoms with E-state index >= 15 is 0 Å². The molecule has 2 amide bonds. The third-order valence-corrected chi connectivity index (χ3v) is 5.72. The molecule has 37 heavy (non-hydrogen) atoms. The van der Waals surface area contributed by atoms with Gasteiger partial charge in [0.25, 0.3) is 0 Å². The molecule has 3 aromatic heterocycles. The predicted molar refractivity (Wildman–Crippen MR) is 141 cm³/mol. The molecule has 4 N–H and O–H groups in total. The molecule has 0 unspecified atom stereocenters. The summed E-state index contributed by atoms with van der Waals surface area (Å²) in [5.41, 5.74) is 0.0215. The average molecular weight is 615 g/mol. The van der Waals surface area contributed by atoms with E-state index in [1.165, 1.54) is 18.3 Å². The smallest absolute Gasteiger partial charge is 0.323 e. The number of benzene rings is 1. The Morgan fingerprint density at radius 2 is 1.84 bits per heavy atom. The lowest BCUT2D eigenvalue weighted by atomic mass is 10.2. The number of aryl methyl sites for hydroxylation is 1. The third-order valence-electron chi connectivity index (χ3n) is 4.59. The maximum absolute atomic E-state index is 13.1. The predicted octanol–water partition coefficient (Wildman–Crippen LogP) is 6.71. The fourth-order valence-electron chi connectivity index (χ4n) is 3.00. The number of thiol groups is 1. The van der Waals surface area contributed by atoms with E-state index < -0.39 is 22.8 Å². The fourth-order valence-corrected chi connectivity index (χ4v) is 3.70. The normalized spacial score (nSPS) is 11.2. The van der Waals surface area contributed by atoms with Crippen molar-refractivity contribution in [1.82, 2.24) is 25.1 Å². The van der Waals surface area contributed by atoms with E-state index in [9.17, 15) is 18.0 Å². The Kier molecular flexibility index (Phi) is 7.75. The number of nitrogens with zero attached hydrogens (tertiary/aromatic N) is 5. The summed E-state index contributed by atoms with van der Waals surface area (Å²) in [5, 5.41) is 14.7. The number of carbonyl (C=O) groups excluding carboxylic acids is 1. The van der Waals surface area contributed by atoms with E-state index in [1.807, 2.05) is 0 Å². The van der Waals surface area contributed by atoms with Crippen LogP contribution in [-0.4, -0.2) is 31.2 Å². The molecule has 4 rings (SSSR count). The molecule has 0 saturated heterocycles. The van der Waals surface area contributed by atoms with Crippen molar-refractivity contribution in [2.75, 3.05) is 20.3 Å². The molecule has 0 spiro atoms. The lowest BCUT2D eigenvalue weighted by molar-refractivity contribution is -0.137. The second-order valence-corrected chi connectivity index (χ2v) is 9.07. The molecule has 16 heteroatoms. The van der Waals surface area contributed by atoms with Crippen LogP contribution < -0.4 is 20.3 Å². The summed E-state index contributed by atoms with van der Waals surface area (Å²) in [6.45, 7) is 1.80. The van der Waals surface area contributed by atoms with Crippen molar-refractivity contribution in [3.63, 3.8) is 0 Å². The highest BCUT2D eigenvalue weighted by molar-refractivity contribution is 9.10. The zero-order chi connectivity index (χ0) is 26.7. The van der Waals surface area contributed by atoms with Gasteiger partial charge in [-0.1, -0.05) is 24.4 Å². The molecule has 0 aliphatic rings. The zero-order valence-electron chi connectivity index (χ0n) is 18.6. The van der Waals surface area contributed by atoms with Crippen molar-refractivity contribution in [1.29, 1.82) is 0 Å². The molecular formula is C21H16BrClF3N9OS. The zero-order valence-corrected chi connectivity index (χ0v) is 21.8. The fraction of sp³-hybridized carbons (Fsp3) is 0.0952. The molecule has 3 heterocycles. The quantitative estimate of drug-likeness (QED) is 0.153. The minimum Gasteiger partial charge on any atom is -0.323 e. The van der Waals surface area contributed by atoms with Crippen LogP contribution in [0.15, 0.2) is 53.3 Å². The van der Waals surface area contributed by atoms with Crippen molar-refractivity contribution in [3.8, 4) is 0 Å². The largest absolute Gasteiger partial charge is 0.417 e. The van der Waals surface area contributed by atoms with E-state index in [0.717, 1.165) is 16.4 Å². The first kappa shape index (κ1) is 26.5. The highest BCUT2D eigenvalue weighted by Gasteiger charge is 2.33. The monoisotopic (exact) mass is 613 g/mol. The van der Waals surface area contributed by atoms with Crippen LogP contribution in [0, 0.1) is 6.92 Å². The number of rotatable bonds is 6. The van der Waals surface area contributed by atoms with Gasteiger partial charge in [-0.2, -0.15) is 23.3 Å². The molecular weight excluding hydrogens is 599 g/mol. The number of anilines is 6. The van der Waals surface area contributed by atoms with Gasteiger partial charge in [-0.3, -0.25) is 5.10 Å². The number of hydrogen-bond donors (Lipinski definition) is 5. The second-order valence-electron chi connectivity index (χ2n) is 7.41. The minimum absolute atomic E-state index is 0.109. The Balaban J connectivity index is 1.42. The first-order valence-electron chi connectivity index (χ1n) is 10.2. The van der Waals surface area contributed by atoms with Crippen LogP contribution in [-0.2, 0) is 6.18 Å². The molecule has 0 aliphatic carbocycles. The van der Waals surface area contributed by atoms with Gasteiger partial charge in [-0.25, -0.2) is 19.1 Å². The van der Waals surface area contributed by atoms with Gasteiger partial charge in [0.05, 0.1) is 22.5 Å². The second kappa shape index (κ2) is 10.8. The van der Waals surface area contributed by atoms with E-state index in [1.54, 1.807) is 25.1 Å². The lowest BCUT2D eigenvalue weighted by Crippen LogP contribution is -2.27. The Bertz CT molecular complexity index is 1440. The number of amides is 2. The van der Waals surface area contributed by atoms with Gasteiger partial charge in [0.1, 0.15) is 16.2 Å². The summed E-state index contributed by atoms with van der Waals surface area (Å²) >= 11 is 13.0. The Labute approximate surface area is 226 Å². The van der Waals surface area contributed by atoms with Crippen LogP contribution in [0.25, 0.3) is 0 Å². The maximum Gasteiger partial charge on any atom is 0.417 e. The van der Waals surface area contributed by atoms with Crippen LogP contribution in [0.2, 0.25) is 5.02 Å². The topological polar surface area (TPSA) is 124 Å². The van der Waals surface area contributed by atoms with Crippen LogP contribution in [0.4, 0.5) is 52.7 Å². The summed E-state index contributed by atoms with van der Waals surface area (Å²) in [6.07, 6.45) is -3.25. The van der Waals surface area contributed by atoms with Gasteiger partial charge in [0.2, 0.25) is 5.95 Å². The van der Waals surface area contributed by atoms with E-state index in [2.05, 4.69) is 69.8 Å². The highest BCUT2D eigenvalue weighted by atomic mass is 79.9. The number of pyridine rings is 1. The minimum atomic E-state index is -4.67. The van der Waals surface area contributed by atoms with E-state index in [-0.39, 0.29) is 17.5 Å². The first-order valence-corrected chi connectivity index (χ1v) is 11.8. The van der Waals surface area contributed by atoms with Crippen molar-refractivity contribution in [3.05, 3.63) is 69.5 Å². The molecule has 1 aromatic carbocycles. The number of halogens is 5. The molecule has 0 atom stereocenters. The molecule has 10 nitrogen and oxygen atoms in total. The third kappa shape index (κ3) is 6.81. The molecule has 4 aromatic rings. The van der Waals surface area contributed by atoms with Gasteiger partial charge in [0, 0.05) is 23.5 Å². The number of urea groups is 1. The van der Waals surface area contributed by atoms with Gasteiger partial charge in [-0.15, -0.1) is 0 Å². The van der Waals surface area contributed by atoms with Crippen LogP contribution in [0.3, 0.4) is 0 Å². The Hall–Kier alpha value is -3.56. The molecule has 0 fully saturated rings. The number of H-pyrrole nitrogens is 1. The molecule has 0 radical (unpaired) electrons. The standard InChI is InChI=1S/C21H16BrClF3N9OS/c1-10-6-16(31-17-8-15(22)33-34-17)32-19(28-10)29-12-3-5-18(27-9-12)35(37)20(36)30-11-2-4-14(23)13(7-11)21(24,25)26/h2-9,37H,1H3,(H,30,36)(H3,28,29,31,32,33,34). The van der Waals surface area contributed by atoms with Crippen molar-refractivity contribution in [2.24, 2.45) is 0 Å². The van der Waals surface area contributed by atoms with Gasteiger partial charge in [-0.05, 0) is 53.2 Å². The van der Waals surface area contributed by atoms with E-state index in [0.29, 0.717) is 27.6 Å². The summed E-state index contributed by atoms with van der Waals surface area (Å²) in [6, 6.07) is 8.77. The first-order chi connectivity index (χ1) is 17.5. The van der Waals surface area contributed by atoms with Crippen molar-refractivity contribution in [2.45, 2.75) is 13.1 Å². The van der Waals surface area contributed by atoms with Crippen molar-refractivity contribution < 1.29 is 18.0 Å². The van der Waals surface area contributed by atoms with Crippen LogP contribution >= 0.6 is 40.3 Å². The average Bonchev–Trinajstić information content (AvgIpc) is 3.23. The molecule has 0 saturated carbocycles. The summed E-state index contributed by atoms with van der Waals surface area (Å²) in [5.74, 6) is 1.47. The Morgan fingerprint density at radius 1 is 1.08 bits per heavy atom. The SMILES string of the molecule is Cc1cc(Nc2cc(Br)[nH]n2)nc(Nc2ccc(N(S)C(=O)Nc3ccc(Cl)c(C(F)(F)F)c3)nc2)n1. The number of carbonyl (C=O) groups is 1.